The Morgan fingerprint density at radius 3 is 2.38 bits per heavy atom. The van der Waals surface area contributed by atoms with Gasteiger partial charge < -0.3 is 21.3 Å². The van der Waals surface area contributed by atoms with Crippen molar-refractivity contribution in [2.75, 3.05) is 43.4 Å². The van der Waals surface area contributed by atoms with Crippen LogP contribution in [0.3, 0.4) is 0 Å². The van der Waals surface area contributed by atoms with Crippen LogP contribution in [-0.2, 0) is 11.0 Å². The van der Waals surface area contributed by atoms with Crippen molar-refractivity contribution in [2.45, 2.75) is 25.1 Å². The number of aliphatic imine (C=N–C) groups is 1. The monoisotopic (exact) mass is 590 g/mol. The van der Waals surface area contributed by atoms with Crippen LogP contribution in [0.2, 0.25) is 0 Å². The predicted octanol–water partition coefficient (Wildman–Crippen LogP) is 3.76. The highest BCUT2D eigenvalue weighted by molar-refractivity contribution is 6.00. The molecule has 10 nitrogen and oxygen atoms in total. The first-order chi connectivity index (χ1) is 19.9. The lowest BCUT2D eigenvalue weighted by molar-refractivity contribution is -0.137. The fourth-order valence-corrected chi connectivity index (χ4v) is 5.15. The number of nitrogens with two attached hydrogens (primary N) is 1. The summed E-state index contributed by atoms with van der Waals surface area (Å²) >= 11 is 0. The molecule has 3 aliphatic rings. The molecular weight excluding hydrogens is 563 g/mol. The molecule has 0 saturated carbocycles. The number of piperazine rings is 1. The summed E-state index contributed by atoms with van der Waals surface area (Å²) in [5.74, 6) is -2.03. The van der Waals surface area contributed by atoms with Crippen LogP contribution in [0.15, 0.2) is 58.3 Å². The highest BCUT2D eigenvalue weighted by Gasteiger charge is 2.40. The molecule has 222 valence electrons. The molecule has 42 heavy (non-hydrogen) atoms. The van der Waals surface area contributed by atoms with Gasteiger partial charge >= 0.3 is 12.2 Å². The third kappa shape index (κ3) is 6.05. The minimum atomic E-state index is -4.74. The van der Waals surface area contributed by atoms with Crippen molar-refractivity contribution in [1.29, 1.82) is 0 Å². The topological polar surface area (TPSA) is 119 Å². The van der Waals surface area contributed by atoms with Crippen molar-refractivity contribution in [3.63, 3.8) is 0 Å². The van der Waals surface area contributed by atoms with E-state index < -0.39 is 47.1 Å². The normalized spacial score (nSPS) is 20.6. The van der Waals surface area contributed by atoms with Gasteiger partial charge in [0.15, 0.2) is 0 Å². The largest absolute Gasteiger partial charge is 0.416 e. The van der Waals surface area contributed by atoms with Gasteiger partial charge in [0.25, 0.3) is 0 Å². The highest BCUT2D eigenvalue weighted by Crippen LogP contribution is 2.38. The van der Waals surface area contributed by atoms with E-state index in [2.05, 4.69) is 20.3 Å². The highest BCUT2D eigenvalue weighted by atomic mass is 19.4. The number of alkyl halides is 3. The number of anilines is 2. The zero-order valence-electron chi connectivity index (χ0n) is 22.3. The van der Waals surface area contributed by atoms with Crippen LogP contribution in [0.4, 0.5) is 38.1 Å². The first-order valence-corrected chi connectivity index (χ1v) is 13.0. The average molecular weight is 591 g/mol. The number of hydrazone groups is 1. The Bertz CT molecular complexity index is 1480. The molecular formula is C27H27F5N8O2. The SMILES string of the molecule is CC(=O)N1CCN(CC2=CC(c3ccc(NC(=O)Nc4cc(C(F)(F)F)ccc4F)c(F)c3)C3C(N)=NC=NN23)CC1. The Morgan fingerprint density at radius 2 is 1.71 bits per heavy atom. The summed E-state index contributed by atoms with van der Waals surface area (Å²) in [5, 5.41) is 10.3. The number of hydrogen-bond donors (Lipinski definition) is 3. The fourth-order valence-electron chi connectivity index (χ4n) is 5.15. The summed E-state index contributed by atoms with van der Waals surface area (Å²) in [5.41, 5.74) is 5.44. The number of rotatable bonds is 5. The van der Waals surface area contributed by atoms with Crippen LogP contribution in [-0.4, -0.2) is 77.7 Å². The van der Waals surface area contributed by atoms with E-state index in [4.69, 9.17) is 5.73 Å². The summed E-state index contributed by atoms with van der Waals surface area (Å²) in [7, 11) is 0. The summed E-state index contributed by atoms with van der Waals surface area (Å²) < 4.78 is 68.1. The minimum absolute atomic E-state index is 0.0275. The Morgan fingerprint density at radius 1 is 1.00 bits per heavy atom. The molecule has 0 spiro atoms. The quantitative estimate of drug-likeness (QED) is 0.459. The molecule has 0 radical (unpaired) electrons. The van der Waals surface area contributed by atoms with Gasteiger partial charge in [-0.3, -0.25) is 14.7 Å². The maximum atomic E-state index is 15.2. The first kappa shape index (κ1) is 29.0. The molecule has 0 aromatic heterocycles. The Hall–Kier alpha value is -4.53. The number of fused-ring (bicyclic) bond motifs is 1. The van der Waals surface area contributed by atoms with Crippen LogP contribution < -0.4 is 16.4 Å². The molecule has 3 amide bonds. The number of amidine groups is 1. The van der Waals surface area contributed by atoms with Gasteiger partial charge in [0, 0.05) is 51.3 Å². The van der Waals surface area contributed by atoms with Gasteiger partial charge in [-0.05, 0) is 35.9 Å². The summed E-state index contributed by atoms with van der Waals surface area (Å²) in [6.07, 6.45) is -1.47. The van der Waals surface area contributed by atoms with E-state index in [1.54, 1.807) is 16.0 Å². The molecule has 2 aromatic rings. The summed E-state index contributed by atoms with van der Waals surface area (Å²) in [4.78, 5) is 32.1. The number of amides is 3. The number of carbonyl (C=O) groups is 2. The zero-order chi connectivity index (χ0) is 30.2. The third-order valence-corrected chi connectivity index (χ3v) is 7.33. The van der Waals surface area contributed by atoms with Gasteiger partial charge in [-0.25, -0.2) is 18.6 Å². The van der Waals surface area contributed by atoms with Crippen LogP contribution in [0, 0.1) is 11.6 Å². The predicted molar refractivity (Wildman–Crippen MR) is 146 cm³/mol. The molecule has 15 heteroatoms. The fraction of sp³-hybridized carbons (Fsp3) is 0.333. The first-order valence-electron chi connectivity index (χ1n) is 13.0. The van der Waals surface area contributed by atoms with Crippen molar-refractivity contribution >= 4 is 35.5 Å². The van der Waals surface area contributed by atoms with Crippen LogP contribution in [0.1, 0.15) is 24.0 Å². The van der Waals surface area contributed by atoms with Gasteiger partial charge in [0.2, 0.25) is 5.91 Å². The molecule has 3 heterocycles. The van der Waals surface area contributed by atoms with E-state index in [0.717, 1.165) is 5.70 Å². The molecule has 4 N–H and O–H groups in total. The zero-order valence-corrected chi connectivity index (χ0v) is 22.3. The second kappa shape index (κ2) is 11.4. The minimum Gasteiger partial charge on any atom is -0.385 e. The third-order valence-electron chi connectivity index (χ3n) is 7.33. The molecule has 5 rings (SSSR count). The van der Waals surface area contributed by atoms with Gasteiger partial charge in [-0.1, -0.05) is 12.1 Å². The summed E-state index contributed by atoms with van der Waals surface area (Å²) in [6, 6.07) is 4.02. The van der Waals surface area contributed by atoms with E-state index in [0.29, 0.717) is 56.5 Å². The number of benzene rings is 2. The molecule has 2 atom stereocenters. The lowest BCUT2D eigenvalue weighted by Gasteiger charge is -2.36. The molecule has 1 fully saturated rings. The molecule has 2 unspecified atom stereocenters. The van der Waals surface area contributed by atoms with E-state index >= 15 is 4.39 Å². The molecule has 0 aliphatic carbocycles. The van der Waals surface area contributed by atoms with E-state index in [-0.39, 0.29) is 17.4 Å². The van der Waals surface area contributed by atoms with Gasteiger partial charge in [0.1, 0.15) is 29.9 Å². The smallest absolute Gasteiger partial charge is 0.385 e. The molecule has 0 bridgehead atoms. The van der Waals surface area contributed by atoms with Crippen molar-refractivity contribution in [2.24, 2.45) is 15.8 Å². The maximum Gasteiger partial charge on any atom is 0.416 e. The van der Waals surface area contributed by atoms with Gasteiger partial charge in [-0.2, -0.15) is 18.3 Å². The van der Waals surface area contributed by atoms with Crippen LogP contribution in [0.5, 0.6) is 0 Å². The van der Waals surface area contributed by atoms with Crippen molar-refractivity contribution in [3.05, 3.63) is 70.9 Å². The second-order valence-electron chi connectivity index (χ2n) is 10.1. The molecule has 2 aromatic carbocycles. The van der Waals surface area contributed by atoms with Crippen molar-refractivity contribution in [1.82, 2.24) is 14.8 Å². The van der Waals surface area contributed by atoms with Crippen molar-refractivity contribution in [3.8, 4) is 0 Å². The number of carbonyl (C=O) groups excluding carboxylic acids is 2. The van der Waals surface area contributed by atoms with Gasteiger partial charge in [-0.15, -0.1) is 0 Å². The number of hydrogen-bond acceptors (Lipinski definition) is 7. The van der Waals surface area contributed by atoms with Crippen LogP contribution in [0.25, 0.3) is 0 Å². The lowest BCUT2D eigenvalue weighted by atomic mass is 9.92. The van der Waals surface area contributed by atoms with E-state index in [1.165, 1.54) is 25.4 Å². The standard InChI is InChI=1S/C27H27F5N8O2/c1-15(41)39-8-6-38(7-9-39)13-18-12-19(24-25(33)34-14-35-40(18)24)16-2-5-22(21(29)10-16)36-26(42)37-23-11-17(27(30,31)32)3-4-20(23)28/h2-5,10-12,14,19,24H,6-9,13H2,1H3,(H2,33,34,35)(H2,36,37,42). The summed E-state index contributed by atoms with van der Waals surface area (Å²) in [6.45, 7) is 4.63. The maximum absolute atomic E-state index is 15.2. The Balaban J connectivity index is 1.30. The number of halogens is 5. The Kier molecular flexibility index (Phi) is 7.86. The molecule has 1 saturated heterocycles. The number of nitrogens with one attached hydrogen (secondary N) is 2. The number of urea groups is 1. The lowest BCUT2D eigenvalue weighted by Crippen LogP contribution is -2.50. The second-order valence-corrected chi connectivity index (χ2v) is 10.1. The molecule has 3 aliphatic heterocycles. The van der Waals surface area contributed by atoms with E-state index in [9.17, 15) is 27.2 Å². The van der Waals surface area contributed by atoms with Crippen molar-refractivity contribution < 1.29 is 31.5 Å². The number of nitrogens with zero attached hydrogens (tertiary/aromatic N) is 5. The average Bonchev–Trinajstić information content (AvgIpc) is 3.30. The van der Waals surface area contributed by atoms with E-state index in [1.807, 2.05) is 11.4 Å². The Labute approximate surface area is 237 Å². The van der Waals surface area contributed by atoms with Gasteiger partial charge in [0.05, 0.1) is 16.9 Å². The van der Waals surface area contributed by atoms with Crippen LogP contribution >= 0.6 is 0 Å².